The Balaban J connectivity index is 2.77. The highest BCUT2D eigenvalue weighted by atomic mass is 16.6. The molecule has 0 aromatic heterocycles. The summed E-state index contributed by atoms with van der Waals surface area (Å²) in [5.74, 6) is 0. The van der Waals surface area contributed by atoms with Crippen molar-refractivity contribution in [1.29, 1.82) is 0 Å². The minimum absolute atomic E-state index is 0.886. The Hall–Kier alpha value is -0.400. The first-order valence-corrected chi connectivity index (χ1v) is 5.93. The lowest BCUT2D eigenvalue weighted by Crippen LogP contribution is -2.63. The van der Waals surface area contributed by atoms with E-state index >= 15 is 0 Å². The van der Waals surface area contributed by atoms with Gasteiger partial charge in [-0.15, -0.1) is 0 Å². The van der Waals surface area contributed by atoms with Crippen molar-refractivity contribution >= 4 is 0 Å². The molecule has 0 radical (unpaired) electrons. The van der Waals surface area contributed by atoms with Gasteiger partial charge >= 0.3 is 0 Å². The van der Waals surface area contributed by atoms with E-state index in [1.165, 1.54) is 0 Å². The highest BCUT2D eigenvalue weighted by Gasteiger charge is 2.48. The fourth-order valence-corrected chi connectivity index (χ4v) is 1.90. The fraction of sp³-hybridized carbons (Fsp3) is 1.00. The molecule has 1 heterocycles. The number of hydrogen-bond acceptors (Lipinski definition) is 10. The van der Waals surface area contributed by atoms with E-state index in [0.717, 1.165) is 0 Å². The highest BCUT2D eigenvalue weighted by Crippen LogP contribution is 2.24. The maximum Gasteiger partial charge on any atom is 0.184 e. The number of hydrogen-bond donors (Lipinski definition) is 9. The highest BCUT2D eigenvalue weighted by molar-refractivity contribution is 4.96. The Morgan fingerprint density at radius 2 is 1.35 bits per heavy atom. The van der Waals surface area contributed by atoms with Crippen LogP contribution in [0.2, 0.25) is 0 Å². The predicted octanol–water partition coefficient (Wildman–Crippen LogP) is -5.78. The molecule has 1 rings (SSSR count). The Bertz CT molecular complexity index is 302. The Labute approximate surface area is 113 Å². The lowest BCUT2D eigenvalue weighted by Gasteiger charge is -2.41. The second kappa shape index (κ2) is 7.04. The molecule has 10 heteroatoms. The second-order valence-corrected chi connectivity index (χ2v) is 4.68. The van der Waals surface area contributed by atoms with E-state index in [-0.39, 0.29) is 0 Å². The standard InChI is InChI=1S/C10H20O10/c11-1-2(12)3(13)4(14)6(16)9-7(17)5(15)8(18)10(19)20-9/h2-19H,1H2/t2-,3+,4-,5+,6-,7+,8+,9-,10?/m1/s1. The van der Waals surface area contributed by atoms with Gasteiger partial charge in [0.05, 0.1) is 6.61 Å². The van der Waals surface area contributed by atoms with E-state index in [1.54, 1.807) is 0 Å². The molecule has 0 bridgehead atoms. The average molecular weight is 300 g/mol. The smallest absolute Gasteiger partial charge is 0.184 e. The molecule has 0 saturated carbocycles. The third kappa shape index (κ3) is 3.43. The lowest BCUT2D eigenvalue weighted by atomic mass is 9.90. The van der Waals surface area contributed by atoms with Crippen LogP contribution >= 0.6 is 0 Å². The van der Waals surface area contributed by atoms with Crippen molar-refractivity contribution in [2.75, 3.05) is 6.61 Å². The first-order valence-electron chi connectivity index (χ1n) is 5.93. The molecular weight excluding hydrogens is 280 g/mol. The number of aliphatic hydroxyl groups is 9. The average Bonchev–Trinajstić information content (AvgIpc) is 2.45. The summed E-state index contributed by atoms with van der Waals surface area (Å²) in [6.07, 6.45) is -16.9. The minimum atomic E-state index is -2.04. The monoisotopic (exact) mass is 300 g/mol. The molecule has 1 aliphatic heterocycles. The van der Waals surface area contributed by atoms with Crippen LogP contribution in [-0.2, 0) is 4.74 Å². The van der Waals surface area contributed by atoms with E-state index in [4.69, 9.17) is 10.2 Å². The van der Waals surface area contributed by atoms with E-state index in [1.807, 2.05) is 0 Å². The van der Waals surface area contributed by atoms with Gasteiger partial charge in [0.15, 0.2) is 6.29 Å². The summed E-state index contributed by atoms with van der Waals surface area (Å²) in [5.41, 5.74) is 0. The third-order valence-electron chi connectivity index (χ3n) is 3.24. The van der Waals surface area contributed by atoms with Crippen molar-refractivity contribution in [3.05, 3.63) is 0 Å². The van der Waals surface area contributed by atoms with Gasteiger partial charge in [0.25, 0.3) is 0 Å². The summed E-state index contributed by atoms with van der Waals surface area (Å²) in [6.45, 7) is -0.886. The molecule has 1 saturated heterocycles. The molecule has 9 atom stereocenters. The van der Waals surface area contributed by atoms with Crippen molar-refractivity contribution in [3.8, 4) is 0 Å². The van der Waals surface area contributed by atoms with Crippen molar-refractivity contribution in [3.63, 3.8) is 0 Å². The van der Waals surface area contributed by atoms with E-state index in [9.17, 15) is 35.7 Å². The number of rotatable bonds is 5. The van der Waals surface area contributed by atoms with Gasteiger partial charge in [-0.1, -0.05) is 0 Å². The van der Waals surface area contributed by atoms with Crippen molar-refractivity contribution in [2.45, 2.75) is 55.1 Å². The lowest BCUT2D eigenvalue weighted by molar-refractivity contribution is -0.306. The zero-order valence-electron chi connectivity index (χ0n) is 10.3. The van der Waals surface area contributed by atoms with Crippen LogP contribution in [0.5, 0.6) is 0 Å². The van der Waals surface area contributed by atoms with Crippen LogP contribution in [0, 0.1) is 0 Å². The van der Waals surface area contributed by atoms with Gasteiger partial charge in [0.2, 0.25) is 0 Å². The summed E-state index contributed by atoms with van der Waals surface area (Å²) in [4.78, 5) is 0. The molecule has 20 heavy (non-hydrogen) atoms. The van der Waals surface area contributed by atoms with Crippen LogP contribution in [0.15, 0.2) is 0 Å². The van der Waals surface area contributed by atoms with Crippen LogP contribution in [-0.4, -0.2) is 108 Å². The van der Waals surface area contributed by atoms with Gasteiger partial charge in [0, 0.05) is 0 Å². The van der Waals surface area contributed by atoms with Gasteiger partial charge < -0.3 is 50.7 Å². The van der Waals surface area contributed by atoms with Crippen molar-refractivity contribution in [1.82, 2.24) is 0 Å². The molecule has 1 unspecified atom stereocenters. The maximum atomic E-state index is 9.76. The van der Waals surface area contributed by atoms with Crippen molar-refractivity contribution in [2.24, 2.45) is 0 Å². The molecular formula is C10H20O10. The van der Waals surface area contributed by atoms with E-state index in [2.05, 4.69) is 4.74 Å². The van der Waals surface area contributed by atoms with Gasteiger partial charge in [-0.2, -0.15) is 0 Å². The molecule has 1 fully saturated rings. The number of aliphatic hydroxyl groups excluding tert-OH is 9. The maximum absolute atomic E-state index is 9.76. The molecule has 1 aliphatic rings. The topological polar surface area (TPSA) is 191 Å². The van der Waals surface area contributed by atoms with Crippen LogP contribution in [0.3, 0.4) is 0 Å². The normalized spacial score (nSPS) is 41.0. The van der Waals surface area contributed by atoms with Crippen LogP contribution in [0.25, 0.3) is 0 Å². The molecule has 9 N–H and O–H groups in total. The molecule has 120 valence electrons. The van der Waals surface area contributed by atoms with Crippen molar-refractivity contribution < 1.29 is 50.7 Å². The van der Waals surface area contributed by atoms with Gasteiger partial charge in [-0.05, 0) is 0 Å². The quantitative estimate of drug-likeness (QED) is 0.236. The van der Waals surface area contributed by atoms with Gasteiger partial charge in [-0.3, -0.25) is 0 Å². The minimum Gasteiger partial charge on any atom is -0.394 e. The SMILES string of the molecule is OC[C@@H](O)[C@H](O)[C@@H](O)[C@@H](O)[C@H]1OC(O)[C@@H](O)[C@@H](O)[C@@H]1O. The predicted molar refractivity (Wildman–Crippen MR) is 60.0 cm³/mol. The fourth-order valence-electron chi connectivity index (χ4n) is 1.90. The summed E-state index contributed by atoms with van der Waals surface area (Å²) in [5, 5.41) is 84.1. The molecule has 0 aliphatic carbocycles. The Kier molecular flexibility index (Phi) is 6.22. The van der Waals surface area contributed by atoms with Gasteiger partial charge in [0.1, 0.15) is 48.8 Å². The summed E-state index contributed by atoms with van der Waals surface area (Å²) >= 11 is 0. The third-order valence-corrected chi connectivity index (χ3v) is 3.24. The summed E-state index contributed by atoms with van der Waals surface area (Å²) in [6, 6.07) is 0. The van der Waals surface area contributed by atoms with E-state index in [0.29, 0.717) is 0 Å². The first kappa shape index (κ1) is 17.7. The second-order valence-electron chi connectivity index (χ2n) is 4.68. The molecule has 0 aromatic carbocycles. The van der Waals surface area contributed by atoms with Crippen LogP contribution < -0.4 is 0 Å². The Morgan fingerprint density at radius 3 is 1.85 bits per heavy atom. The Morgan fingerprint density at radius 1 is 0.800 bits per heavy atom. The number of ether oxygens (including phenoxy) is 1. The van der Waals surface area contributed by atoms with Crippen LogP contribution in [0.4, 0.5) is 0 Å². The molecule has 0 amide bonds. The van der Waals surface area contributed by atoms with Gasteiger partial charge in [-0.25, -0.2) is 0 Å². The molecule has 0 spiro atoms. The zero-order chi connectivity index (χ0) is 15.6. The van der Waals surface area contributed by atoms with E-state index < -0.39 is 61.7 Å². The summed E-state index contributed by atoms with van der Waals surface area (Å²) < 4.78 is 4.66. The molecule has 0 aromatic rings. The van der Waals surface area contributed by atoms with Crippen LogP contribution in [0.1, 0.15) is 0 Å². The summed E-state index contributed by atoms with van der Waals surface area (Å²) in [7, 11) is 0. The zero-order valence-corrected chi connectivity index (χ0v) is 10.3. The molecule has 10 nitrogen and oxygen atoms in total. The first-order chi connectivity index (χ1) is 9.22. The largest absolute Gasteiger partial charge is 0.394 e.